The Kier molecular flexibility index (Phi) is 1.61. The predicted molar refractivity (Wildman–Crippen MR) is 34.5 cm³/mol. The highest BCUT2D eigenvalue weighted by molar-refractivity contribution is 5.17. The molecule has 1 aromatic rings. The molecular formula is C6H9FN2O. The summed E-state index contributed by atoms with van der Waals surface area (Å²) < 4.78 is 18.9. The average molecular weight is 144 g/mol. The number of halogens is 1. The molecule has 0 saturated heterocycles. The van der Waals surface area contributed by atoms with Crippen LogP contribution in [0.4, 0.5) is 4.39 Å². The van der Waals surface area contributed by atoms with Crippen LogP contribution in [-0.2, 0) is 7.05 Å². The van der Waals surface area contributed by atoms with E-state index in [9.17, 15) is 4.39 Å². The van der Waals surface area contributed by atoms with Gasteiger partial charge in [-0.2, -0.15) is 9.49 Å². The van der Waals surface area contributed by atoms with Gasteiger partial charge in [-0.05, 0) is 6.92 Å². The molecule has 0 atom stereocenters. The van der Waals surface area contributed by atoms with Gasteiger partial charge in [-0.25, -0.2) is 4.68 Å². The molecule has 0 aliphatic rings. The van der Waals surface area contributed by atoms with Crippen LogP contribution in [0.25, 0.3) is 0 Å². The number of hydrogen-bond acceptors (Lipinski definition) is 2. The van der Waals surface area contributed by atoms with Crippen LogP contribution < -0.4 is 4.74 Å². The van der Waals surface area contributed by atoms with Gasteiger partial charge in [-0.1, -0.05) is 0 Å². The molecule has 0 N–H and O–H groups in total. The molecule has 10 heavy (non-hydrogen) atoms. The summed E-state index contributed by atoms with van der Waals surface area (Å²) in [6, 6.07) is 0. The Labute approximate surface area is 58.4 Å². The normalized spacial score (nSPS) is 10.0. The second-order valence-electron chi connectivity index (χ2n) is 2.03. The Bertz CT molecular complexity index is 244. The number of hydrogen-bond donors (Lipinski definition) is 0. The van der Waals surface area contributed by atoms with E-state index in [0.717, 1.165) is 0 Å². The van der Waals surface area contributed by atoms with E-state index in [0.29, 0.717) is 5.69 Å². The molecule has 0 saturated carbocycles. The van der Waals surface area contributed by atoms with E-state index in [1.54, 1.807) is 14.0 Å². The summed E-state index contributed by atoms with van der Waals surface area (Å²) in [4.78, 5) is 0. The molecule has 0 unspecified atom stereocenters. The molecule has 3 nitrogen and oxygen atoms in total. The first kappa shape index (κ1) is 7.05. The minimum atomic E-state index is -0.384. The number of methoxy groups -OCH3 is 1. The van der Waals surface area contributed by atoms with Crippen molar-refractivity contribution in [2.45, 2.75) is 6.92 Å². The lowest BCUT2D eigenvalue weighted by atomic mass is 10.5. The lowest BCUT2D eigenvalue weighted by Crippen LogP contribution is -1.95. The molecule has 4 heteroatoms. The molecule has 1 heterocycles. The van der Waals surface area contributed by atoms with Crippen molar-refractivity contribution in [2.75, 3.05) is 7.11 Å². The van der Waals surface area contributed by atoms with Crippen LogP contribution in [-0.4, -0.2) is 16.9 Å². The molecule has 0 radical (unpaired) electrons. The van der Waals surface area contributed by atoms with Gasteiger partial charge in [0.2, 0.25) is 11.7 Å². The summed E-state index contributed by atoms with van der Waals surface area (Å²) in [5, 5.41) is 3.80. The fourth-order valence-electron chi connectivity index (χ4n) is 0.833. The third-order valence-corrected chi connectivity index (χ3v) is 1.29. The minimum absolute atomic E-state index is 0.178. The third kappa shape index (κ3) is 0.853. The van der Waals surface area contributed by atoms with E-state index < -0.39 is 0 Å². The van der Waals surface area contributed by atoms with Crippen LogP contribution in [0.15, 0.2) is 0 Å². The summed E-state index contributed by atoms with van der Waals surface area (Å²) in [5.41, 5.74) is 0.361. The van der Waals surface area contributed by atoms with Crippen molar-refractivity contribution in [3.05, 3.63) is 11.5 Å². The van der Waals surface area contributed by atoms with Crippen LogP contribution in [0.5, 0.6) is 5.88 Å². The van der Waals surface area contributed by atoms with Crippen LogP contribution in [0, 0.1) is 12.7 Å². The first-order valence-corrected chi connectivity index (χ1v) is 2.90. The Balaban J connectivity index is 3.20. The van der Waals surface area contributed by atoms with Crippen LogP contribution in [0.1, 0.15) is 5.69 Å². The van der Waals surface area contributed by atoms with Gasteiger partial charge in [0.1, 0.15) is 0 Å². The SMILES string of the molecule is COc1c(F)c(C)nn1C. The zero-order chi connectivity index (χ0) is 7.72. The summed E-state index contributed by atoms with van der Waals surface area (Å²) in [5.74, 6) is -0.206. The van der Waals surface area contributed by atoms with E-state index in [1.807, 2.05) is 0 Å². The smallest absolute Gasteiger partial charge is 0.248 e. The molecular weight excluding hydrogens is 135 g/mol. The summed E-state index contributed by atoms with van der Waals surface area (Å²) in [7, 11) is 3.05. The minimum Gasteiger partial charge on any atom is -0.479 e. The first-order chi connectivity index (χ1) is 4.66. The maximum Gasteiger partial charge on any atom is 0.248 e. The summed E-state index contributed by atoms with van der Waals surface area (Å²) >= 11 is 0. The summed E-state index contributed by atoms with van der Waals surface area (Å²) in [6.07, 6.45) is 0. The van der Waals surface area contributed by atoms with Gasteiger partial charge in [-0.15, -0.1) is 0 Å². The van der Waals surface area contributed by atoms with Crippen molar-refractivity contribution >= 4 is 0 Å². The average Bonchev–Trinajstić information content (AvgIpc) is 2.09. The van der Waals surface area contributed by atoms with Crippen LogP contribution in [0.3, 0.4) is 0 Å². The Hall–Kier alpha value is -1.06. The molecule has 0 aliphatic heterocycles. The first-order valence-electron chi connectivity index (χ1n) is 2.90. The Morgan fingerprint density at radius 2 is 2.20 bits per heavy atom. The van der Waals surface area contributed by atoms with E-state index in [4.69, 9.17) is 4.74 Å². The number of aryl methyl sites for hydroxylation is 2. The van der Waals surface area contributed by atoms with Gasteiger partial charge in [-0.3, -0.25) is 0 Å². The molecule has 0 amide bonds. The standard InChI is InChI=1S/C6H9FN2O/c1-4-5(7)6(10-3)9(2)8-4/h1-3H3. The third-order valence-electron chi connectivity index (χ3n) is 1.29. The molecule has 0 aliphatic carbocycles. The van der Waals surface area contributed by atoms with Gasteiger partial charge >= 0.3 is 0 Å². The van der Waals surface area contributed by atoms with Crippen molar-refractivity contribution in [1.82, 2.24) is 9.78 Å². The quantitative estimate of drug-likeness (QED) is 0.585. The maximum absolute atomic E-state index is 12.8. The predicted octanol–water partition coefficient (Wildman–Crippen LogP) is 0.876. The van der Waals surface area contributed by atoms with E-state index >= 15 is 0 Å². The van der Waals surface area contributed by atoms with Crippen molar-refractivity contribution in [2.24, 2.45) is 7.05 Å². The Morgan fingerprint density at radius 3 is 2.40 bits per heavy atom. The van der Waals surface area contributed by atoms with Gasteiger partial charge < -0.3 is 4.74 Å². The van der Waals surface area contributed by atoms with Gasteiger partial charge in [0, 0.05) is 7.05 Å². The fourth-order valence-corrected chi connectivity index (χ4v) is 0.833. The van der Waals surface area contributed by atoms with E-state index in [-0.39, 0.29) is 11.7 Å². The second-order valence-corrected chi connectivity index (χ2v) is 2.03. The maximum atomic E-state index is 12.8. The van der Waals surface area contributed by atoms with Crippen molar-refractivity contribution < 1.29 is 9.13 Å². The van der Waals surface area contributed by atoms with E-state index in [2.05, 4.69) is 5.10 Å². The number of rotatable bonds is 1. The number of aromatic nitrogens is 2. The highest BCUT2D eigenvalue weighted by Crippen LogP contribution is 2.17. The van der Waals surface area contributed by atoms with Gasteiger partial charge in [0.25, 0.3) is 0 Å². The van der Waals surface area contributed by atoms with Crippen molar-refractivity contribution in [3.63, 3.8) is 0 Å². The molecule has 1 aromatic heterocycles. The molecule has 0 aromatic carbocycles. The monoisotopic (exact) mass is 144 g/mol. The second kappa shape index (κ2) is 2.28. The lowest BCUT2D eigenvalue weighted by Gasteiger charge is -1.96. The van der Waals surface area contributed by atoms with Crippen LogP contribution in [0.2, 0.25) is 0 Å². The van der Waals surface area contributed by atoms with Crippen molar-refractivity contribution in [3.8, 4) is 5.88 Å². The highest BCUT2D eigenvalue weighted by atomic mass is 19.1. The zero-order valence-electron chi connectivity index (χ0n) is 6.18. The van der Waals surface area contributed by atoms with E-state index in [1.165, 1.54) is 11.8 Å². The fraction of sp³-hybridized carbons (Fsp3) is 0.500. The zero-order valence-corrected chi connectivity index (χ0v) is 6.18. The van der Waals surface area contributed by atoms with Crippen molar-refractivity contribution in [1.29, 1.82) is 0 Å². The molecule has 0 fully saturated rings. The Morgan fingerprint density at radius 1 is 1.60 bits per heavy atom. The molecule has 1 rings (SSSR count). The molecule has 56 valence electrons. The molecule has 0 bridgehead atoms. The molecule has 0 spiro atoms. The topological polar surface area (TPSA) is 27.1 Å². The number of nitrogens with zero attached hydrogens (tertiary/aromatic N) is 2. The largest absolute Gasteiger partial charge is 0.479 e. The lowest BCUT2D eigenvalue weighted by molar-refractivity contribution is 0.351. The van der Waals surface area contributed by atoms with Gasteiger partial charge in [0.05, 0.1) is 12.8 Å². The van der Waals surface area contributed by atoms with Gasteiger partial charge in [0.15, 0.2) is 0 Å². The summed E-state index contributed by atoms with van der Waals surface area (Å²) in [6.45, 7) is 1.60. The van der Waals surface area contributed by atoms with Crippen LogP contribution >= 0.6 is 0 Å². The highest BCUT2D eigenvalue weighted by Gasteiger charge is 2.11. The number of ether oxygens (including phenoxy) is 1.